The first-order valence-electron chi connectivity index (χ1n) is 8.28. The highest BCUT2D eigenvalue weighted by Crippen LogP contribution is 2.20. The monoisotopic (exact) mass is 294 g/mol. The third-order valence-electron chi connectivity index (χ3n) is 3.73. The van der Waals surface area contributed by atoms with Crippen molar-refractivity contribution in [1.29, 1.82) is 0 Å². The second kappa shape index (κ2) is 9.91. The van der Waals surface area contributed by atoms with Crippen molar-refractivity contribution in [3.8, 4) is 0 Å². The Kier molecular flexibility index (Phi) is 8.55. The van der Waals surface area contributed by atoms with E-state index in [9.17, 15) is 4.39 Å². The molecule has 0 aliphatic heterocycles. The number of hydrogen-bond acceptors (Lipinski definition) is 2. The number of rotatable bonds is 10. The number of nitrogens with one attached hydrogen (secondary N) is 1. The molecule has 2 nitrogen and oxygen atoms in total. The molecule has 3 heteroatoms. The fourth-order valence-corrected chi connectivity index (χ4v) is 2.65. The summed E-state index contributed by atoms with van der Waals surface area (Å²) >= 11 is 0. The molecular formula is C18H31FN2. The predicted octanol–water partition coefficient (Wildman–Crippen LogP) is 4.23. The lowest BCUT2D eigenvalue weighted by molar-refractivity contribution is 0.241. The summed E-state index contributed by atoms with van der Waals surface area (Å²) in [6.07, 6.45) is 2.01. The highest BCUT2D eigenvalue weighted by atomic mass is 19.1. The zero-order chi connectivity index (χ0) is 15.7. The first-order chi connectivity index (χ1) is 10.1. The van der Waals surface area contributed by atoms with Crippen molar-refractivity contribution in [1.82, 2.24) is 10.2 Å². The van der Waals surface area contributed by atoms with E-state index in [1.165, 1.54) is 0 Å². The van der Waals surface area contributed by atoms with E-state index < -0.39 is 0 Å². The molecule has 0 radical (unpaired) electrons. The lowest BCUT2D eigenvalue weighted by Crippen LogP contribution is -2.32. The standard InChI is InChI=1S/C18H31FN2/c1-5-12-20-18(16-9-7-8-10-17(16)19)11-13-21(6-2)14-15(3)4/h7-10,15,18,20H,5-6,11-14H2,1-4H3. The third-order valence-corrected chi connectivity index (χ3v) is 3.73. The minimum Gasteiger partial charge on any atom is -0.310 e. The minimum absolute atomic E-state index is 0.0991. The van der Waals surface area contributed by atoms with E-state index in [-0.39, 0.29) is 11.9 Å². The minimum atomic E-state index is -0.0991. The van der Waals surface area contributed by atoms with Crippen molar-refractivity contribution in [3.63, 3.8) is 0 Å². The molecule has 1 N–H and O–H groups in total. The van der Waals surface area contributed by atoms with Crippen molar-refractivity contribution < 1.29 is 4.39 Å². The van der Waals surface area contributed by atoms with Crippen LogP contribution in [0.15, 0.2) is 24.3 Å². The summed E-state index contributed by atoms with van der Waals surface area (Å²) in [7, 11) is 0. The molecule has 21 heavy (non-hydrogen) atoms. The number of benzene rings is 1. The largest absolute Gasteiger partial charge is 0.310 e. The quantitative estimate of drug-likeness (QED) is 0.694. The Hall–Kier alpha value is -0.930. The summed E-state index contributed by atoms with van der Waals surface area (Å²) in [4.78, 5) is 2.45. The van der Waals surface area contributed by atoms with Gasteiger partial charge in [-0.15, -0.1) is 0 Å². The van der Waals surface area contributed by atoms with Crippen molar-refractivity contribution in [2.75, 3.05) is 26.2 Å². The molecule has 0 amide bonds. The third kappa shape index (κ3) is 6.58. The lowest BCUT2D eigenvalue weighted by Gasteiger charge is -2.26. The van der Waals surface area contributed by atoms with Crippen molar-refractivity contribution in [3.05, 3.63) is 35.6 Å². The van der Waals surface area contributed by atoms with E-state index >= 15 is 0 Å². The Morgan fingerprint density at radius 1 is 1.19 bits per heavy atom. The maximum Gasteiger partial charge on any atom is 0.127 e. The normalized spacial score (nSPS) is 13.1. The SMILES string of the molecule is CCCNC(CCN(CC)CC(C)C)c1ccccc1F. The van der Waals surface area contributed by atoms with E-state index in [4.69, 9.17) is 0 Å². The molecule has 1 unspecified atom stereocenters. The molecule has 0 aliphatic carbocycles. The molecule has 0 saturated heterocycles. The first-order valence-corrected chi connectivity index (χ1v) is 8.28. The number of hydrogen-bond donors (Lipinski definition) is 1. The van der Waals surface area contributed by atoms with Gasteiger partial charge in [0.05, 0.1) is 0 Å². The van der Waals surface area contributed by atoms with Gasteiger partial charge in [-0.25, -0.2) is 4.39 Å². The second-order valence-corrected chi connectivity index (χ2v) is 6.10. The van der Waals surface area contributed by atoms with Crippen molar-refractivity contribution in [2.24, 2.45) is 5.92 Å². The van der Waals surface area contributed by atoms with E-state index in [2.05, 4.69) is 37.9 Å². The molecule has 1 atom stereocenters. The molecule has 0 spiro atoms. The fourth-order valence-electron chi connectivity index (χ4n) is 2.65. The van der Waals surface area contributed by atoms with Crippen LogP contribution in [0, 0.1) is 11.7 Å². The first kappa shape index (κ1) is 18.1. The van der Waals surface area contributed by atoms with E-state index in [0.29, 0.717) is 5.92 Å². The van der Waals surface area contributed by atoms with Crippen LogP contribution in [0.4, 0.5) is 4.39 Å². The maximum absolute atomic E-state index is 14.0. The predicted molar refractivity (Wildman–Crippen MR) is 89.0 cm³/mol. The topological polar surface area (TPSA) is 15.3 Å². The van der Waals surface area contributed by atoms with Crippen LogP contribution in [0.1, 0.15) is 52.1 Å². The Labute approximate surface area is 129 Å². The van der Waals surface area contributed by atoms with E-state index in [1.54, 1.807) is 12.1 Å². The lowest BCUT2D eigenvalue weighted by atomic mass is 10.0. The van der Waals surface area contributed by atoms with Gasteiger partial charge in [0.2, 0.25) is 0 Å². The summed E-state index contributed by atoms with van der Waals surface area (Å²) in [5.74, 6) is 0.568. The summed E-state index contributed by atoms with van der Waals surface area (Å²) in [5.41, 5.74) is 0.798. The van der Waals surface area contributed by atoms with Crippen LogP contribution >= 0.6 is 0 Å². The zero-order valence-corrected chi connectivity index (χ0v) is 14.0. The van der Waals surface area contributed by atoms with Crippen LogP contribution in [0.5, 0.6) is 0 Å². The second-order valence-electron chi connectivity index (χ2n) is 6.10. The molecule has 0 heterocycles. The van der Waals surface area contributed by atoms with Gasteiger partial charge in [-0.1, -0.05) is 45.9 Å². The number of halogens is 1. The summed E-state index contributed by atoms with van der Waals surface area (Å²) in [6.45, 7) is 12.9. The van der Waals surface area contributed by atoms with Gasteiger partial charge in [-0.2, -0.15) is 0 Å². The van der Waals surface area contributed by atoms with Gasteiger partial charge < -0.3 is 10.2 Å². The molecule has 1 rings (SSSR count). The molecule has 0 fully saturated rings. The molecule has 0 aliphatic rings. The van der Waals surface area contributed by atoms with Crippen LogP contribution in [-0.4, -0.2) is 31.1 Å². The van der Waals surface area contributed by atoms with Crippen molar-refractivity contribution >= 4 is 0 Å². The van der Waals surface area contributed by atoms with Gasteiger partial charge >= 0.3 is 0 Å². The Bertz CT molecular complexity index is 393. The number of nitrogens with zero attached hydrogens (tertiary/aromatic N) is 1. The molecule has 120 valence electrons. The van der Waals surface area contributed by atoms with Gasteiger partial charge in [0.15, 0.2) is 0 Å². The smallest absolute Gasteiger partial charge is 0.127 e. The molecule has 1 aromatic rings. The van der Waals surface area contributed by atoms with Crippen LogP contribution in [0.2, 0.25) is 0 Å². The van der Waals surface area contributed by atoms with Crippen LogP contribution in [0.25, 0.3) is 0 Å². The van der Waals surface area contributed by atoms with E-state index in [0.717, 1.165) is 44.6 Å². The Balaban J connectivity index is 2.68. The Morgan fingerprint density at radius 2 is 1.90 bits per heavy atom. The highest BCUT2D eigenvalue weighted by molar-refractivity contribution is 5.21. The molecule has 0 bridgehead atoms. The van der Waals surface area contributed by atoms with Gasteiger partial charge in [-0.05, 0) is 44.5 Å². The summed E-state index contributed by atoms with van der Waals surface area (Å²) in [5, 5.41) is 3.49. The Morgan fingerprint density at radius 3 is 2.48 bits per heavy atom. The molecule has 0 saturated carbocycles. The highest BCUT2D eigenvalue weighted by Gasteiger charge is 2.16. The maximum atomic E-state index is 14.0. The zero-order valence-electron chi connectivity index (χ0n) is 14.0. The van der Waals surface area contributed by atoms with Crippen LogP contribution in [-0.2, 0) is 0 Å². The van der Waals surface area contributed by atoms with Gasteiger partial charge in [0.1, 0.15) is 5.82 Å². The average Bonchev–Trinajstić information content (AvgIpc) is 2.46. The van der Waals surface area contributed by atoms with E-state index in [1.807, 2.05) is 12.1 Å². The van der Waals surface area contributed by atoms with Gasteiger partial charge in [0.25, 0.3) is 0 Å². The summed E-state index contributed by atoms with van der Waals surface area (Å²) in [6, 6.07) is 7.24. The van der Waals surface area contributed by atoms with Gasteiger partial charge in [0, 0.05) is 18.2 Å². The van der Waals surface area contributed by atoms with Crippen molar-refractivity contribution in [2.45, 2.75) is 46.6 Å². The summed E-state index contributed by atoms with van der Waals surface area (Å²) < 4.78 is 14.0. The average molecular weight is 294 g/mol. The molecule has 0 aromatic heterocycles. The van der Waals surface area contributed by atoms with Crippen LogP contribution < -0.4 is 5.32 Å². The molecule has 1 aromatic carbocycles. The fraction of sp³-hybridized carbons (Fsp3) is 0.667. The molecular weight excluding hydrogens is 263 g/mol. The van der Waals surface area contributed by atoms with Gasteiger partial charge in [-0.3, -0.25) is 0 Å². The van der Waals surface area contributed by atoms with Crippen LogP contribution in [0.3, 0.4) is 0 Å².